The third-order valence-electron chi connectivity index (χ3n) is 3.30. The summed E-state index contributed by atoms with van der Waals surface area (Å²) in [6.45, 7) is 2.87. The molecule has 1 heterocycles. The van der Waals surface area contributed by atoms with Crippen molar-refractivity contribution in [2.45, 2.75) is 32.6 Å². The molecule has 0 spiro atoms. The van der Waals surface area contributed by atoms with Crippen LogP contribution in [0, 0.1) is 3.95 Å². The van der Waals surface area contributed by atoms with E-state index in [4.69, 9.17) is 21.7 Å². The summed E-state index contributed by atoms with van der Waals surface area (Å²) in [5.74, 6) is 1.62. The number of hydrogen-bond donors (Lipinski definition) is 2. The molecule has 0 atom stereocenters. The molecule has 0 radical (unpaired) electrons. The Morgan fingerprint density at radius 3 is 2.73 bits per heavy atom. The van der Waals surface area contributed by atoms with E-state index in [1.54, 1.807) is 7.11 Å². The minimum Gasteiger partial charge on any atom is -0.494 e. The number of unbranched alkanes of at least 4 members (excludes halogenated alkanes) is 2. The van der Waals surface area contributed by atoms with Crippen molar-refractivity contribution in [3.8, 4) is 17.4 Å². The Labute approximate surface area is 139 Å². The Balaban J connectivity index is 2.08. The molecule has 1 aromatic heterocycles. The number of aromatic amines is 1. The molecule has 0 saturated heterocycles. The molecule has 22 heavy (non-hydrogen) atoms. The van der Waals surface area contributed by atoms with Crippen molar-refractivity contribution in [3.05, 3.63) is 32.6 Å². The molecule has 0 aliphatic rings. The van der Waals surface area contributed by atoms with E-state index in [0.717, 1.165) is 29.0 Å². The summed E-state index contributed by atoms with van der Waals surface area (Å²) in [5, 5.41) is 9.77. The van der Waals surface area contributed by atoms with E-state index in [2.05, 4.69) is 11.9 Å². The van der Waals surface area contributed by atoms with Gasteiger partial charge in [-0.2, -0.15) is 0 Å². The lowest BCUT2D eigenvalue weighted by Gasteiger charge is -2.12. The summed E-state index contributed by atoms with van der Waals surface area (Å²) in [5.41, 5.74) is 1.04. The minimum atomic E-state index is 0.147. The maximum Gasteiger partial charge on any atom is 0.203 e. The summed E-state index contributed by atoms with van der Waals surface area (Å²) in [6.07, 6.45) is 3.99. The average molecular weight is 339 g/mol. The van der Waals surface area contributed by atoms with Crippen LogP contribution in [0.3, 0.4) is 0 Å². The Hall–Kier alpha value is -1.53. The molecular formula is C16H21NO3S2. The van der Waals surface area contributed by atoms with E-state index >= 15 is 0 Å². The van der Waals surface area contributed by atoms with Crippen LogP contribution in [-0.4, -0.2) is 23.8 Å². The van der Waals surface area contributed by atoms with Gasteiger partial charge in [0, 0.05) is 6.42 Å². The fourth-order valence-corrected chi connectivity index (χ4v) is 3.29. The number of benzene rings is 1. The van der Waals surface area contributed by atoms with Crippen molar-refractivity contribution in [3.63, 3.8) is 0 Å². The van der Waals surface area contributed by atoms with Gasteiger partial charge in [0.25, 0.3) is 0 Å². The standard InChI is InChI=1S/C16H21NO3S2/c1-3-4-5-8-20-12-7-6-11(9-13(12)19-2)10-14-15(18)17-16(21)22-14/h6-7,9,18H,3-5,8,10H2,1-2H3,(H,17,21). The van der Waals surface area contributed by atoms with Crippen molar-refractivity contribution >= 4 is 23.6 Å². The Kier molecular flexibility index (Phi) is 6.27. The normalized spacial score (nSPS) is 10.6. The number of methoxy groups -OCH3 is 1. The van der Waals surface area contributed by atoms with E-state index in [1.807, 2.05) is 18.2 Å². The first-order valence-corrected chi connectivity index (χ1v) is 8.57. The summed E-state index contributed by atoms with van der Waals surface area (Å²) in [7, 11) is 1.63. The maximum atomic E-state index is 9.77. The molecule has 0 fully saturated rings. The van der Waals surface area contributed by atoms with Crippen molar-refractivity contribution in [1.82, 2.24) is 4.98 Å². The first-order chi connectivity index (χ1) is 10.6. The zero-order chi connectivity index (χ0) is 15.9. The highest BCUT2D eigenvalue weighted by Gasteiger charge is 2.10. The second-order valence-electron chi connectivity index (χ2n) is 5.00. The van der Waals surface area contributed by atoms with E-state index in [0.29, 0.717) is 22.7 Å². The van der Waals surface area contributed by atoms with Gasteiger partial charge in [0.2, 0.25) is 5.88 Å². The van der Waals surface area contributed by atoms with Crippen LogP contribution in [0.5, 0.6) is 17.4 Å². The van der Waals surface area contributed by atoms with Gasteiger partial charge >= 0.3 is 0 Å². The second-order valence-corrected chi connectivity index (χ2v) is 6.78. The number of H-pyrrole nitrogens is 1. The smallest absolute Gasteiger partial charge is 0.203 e. The fraction of sp³-hybridized carbons (Fsp3) is 0.438. The SMILES string of the molecule is CCCCCOc1ccc(Cc2sc(=S)[nH]c2O)cc1OC. The van der Waals surface area contributed by atoms with Crippen LogP contribution >= 0.6 is 23.6 Å². The van der Waals surface area contributed by atoms with Crippen molar-refractivity contribution in [2.24, 2.45) is 0 Å². The van der Waals surface area contributed by atoms with Crippen molar-refractivity contribution < 1.29 is 14.6 Å². The van der Waals surface area contributed by atoms with Crippen molar-refractivity contribution in [1.29, 1.82) is 0 Å². The van der Waals surface area contributed by atoms with Gasteiger partial charge in [0.1, 0.15) is 0 Å². The molecule has 0 unspecified atom stereocenters. The summed E-state index contributed by atoms with van der Waals surface area (Å²) < 4.78 is 11.8. The first-order valence-electron chi connectivity index (χ1n) is 7.34. The number of hydrogen-bond acceptors (Lipinski definition) is 5. The van der Waals surface area contributed by atoms with Gasteiger partial charge in [0.15, 0.2) is 15.5 Å². The monoisotopic (exact) mass is 339 g/mol. The lowest BCUT2D eigenvalue weighted by molar-refractivity contribution is 0.286. The molecule has 120 valence electrons. The van der Waals surface area contributed by atoms with Gasteiger partial charge in [-0.25, -0.2) is 0 Å². The van der Waals surface area contributed by atoms with Crippen LogP contribution in [0.25, 0.3) is 0 Å². The van der Waals surface area contributed by atoms with E-state index in [-0.39, 0.29) is 5.88 Å². The fourth-order valence-electron chi connectivity index (χ4n) is 2.13. The largest absolute Gasteiger partial charge is 0.494 e. The average Bonchev–Trinajstić information content (AvgIpc) is 2.82. The Morgan fingerprint density at radius 2 is 2.09 bits per heavy atom. The molecule has 1 aromatic carbocycles. The number of thiazole rings is 1. The molecule has 0 saturated carbocycles. The molecule has 2 aromatic rings. The zero-order valence-electron chi connectivity index (χ0n) is 12.8. The molecular weight excluding hydrogens is 318 g/mol. The highest BCUT2D eigenvalue weighted by molar-refractivity contribution is 7.73. The Morgan fingerprint density at radius 1 is 1.27 bits per heavy atom. The van der Waals surface area contributed by atoms with Crippen LogP contribution < -0.4 is 9.47 Å². The molecule has 2 rings (SSSR count). The summed E-state index contributed by atoms with van der Waals surface area (Å²) in [4.78, 5) is 3.56. The quantitative estimate of drug-likeness (QED) is 0.541. The van der Waals surface area contributed by atoms with Crippen molar-refractivity contribution in [2.75, 3.05) is 13.7 Å². The summed E-state index contributed by atoms with van der Waals surface area (Å²) in [6, 6.07) is 5.85. The predicted octanol–water partition coefficient (Wildman–Crippen LogP) is 4.68. The molecule has 0 aliphatic heterocycles. The van der Waals surface area contributed by atoms with Gasteiger partial charge in [-0.3, -0.25) is 0 Å². The number of ether oxygens (including phenoxy) is 2. The third-order valence-corrected chi connectivity index (χ3v) is 4.52. The molecule has 6 heteroatoms. The third kappa shape index (κ3) is 4.48. The van der Waals surface area contributed by atoms with Crippen LogP contribution in [0.15, 0.2) is 18.2 Å². The van der Waals surface area contributed by atoms with Crippen LogP contribution in [-0.2, 0) is 6.42 Å². The van der Waals surface area contributed by atoms with Gasteiger partial charge in [0.05, 0.1) is 18.6 Å². The zero-order valence-corrected chi connectivity index (χ0v) is 14.5. The Bertz CT molecular complexity index is 664. The second kappa shape index (κ2) is 8.19. The van der Waals surface area contributed by atoms with E-state index in [9.17, 15) is 5.11 Å². The van der Waals surface area contributed by atoms with Gasteiger partial charge < -0.3 is 19.6 Å². The number of aromatic hydroxyl groups is 1. The molecule has 2 N–H and O–H groups in total. The molecule has 4 nitrogen and oxygen atoms in total. The highest BCUT2D eigenvalue weighted by atomic mass is 32.1. The predicted molar refractivity (Wildman–Crippen MR) is 92.0 cm³/mol. The van der Waals surface area contributed by atoms with Gasteiger partial charge in [-0.1, -0.05) is 25.8 Å². The number of nitrogens with one attached hydrogen (secondary N) is 1. The van der Waals surface area contributed by atoms with Crippen LogP contribution in [0.1, 0.15) is 36.6 Å². The molecule has 0 amide bonds. The number of rotatable bonds is 8. The maximum absolute atomic E-state index is 9.77. The minimum absolute atomic E-state index is 0.147. The van der Waals surface area contributed by atoms with Gasteiger partial charge in [-0.15, -0.1) is 11.3 Å². The summed E-state index contributed by atoms with van der Waals surface area (Å²) >= 11 is 6.42. The first kappa shape index (κ1) is 16.8. The van der Waals surface area contributed by atoms with Crippen LogP contribution in [0.4, 0.5) is 0 Å². The molecule has 0 aliphatic carbocycles. The van der Waals surface area contributed by atoms with E-state index < -0.39 is 0 Å². The van der Waals surface area contributed by atoms with E-state index in [1.165, 1.54) is 17.8 Å². The van der Waals surface area contributed by atoms with Gasteiger partial charge in [-0.05, 0) is 36.3 Å². The van der Waals surface area contributed by atoms with Crippen LogP contribution in [0.2, 0.25) is 0 Å². The number of aromatic nitrogens is 1. The topological polar surface area (TPSA) is 54.5 Å². The lowest BCUT2D eigenvalue weighted by Crippen LogP contribution is -2.00. The lowest BCUT2D eigenvalue weighted by atomic mass is 10.1. The molecule has 0 bridgehead atoms. The highest BCUT2D eigenvalue weighted by Crippen LogP contribution is 2.31.